The highest BCUT2D eigenvalue weighted by atomic mass is 16.4. The second kappa shape index (κ2) is 6.62. The van der Waals surface area contributed by atoms with E-state index in [9.17, 15) is 4.79 Å². The Hall–Kier alpha value is -2.34. The number of nitrogens with zero attached hydrogens (tertiary/aromatic N) is 2. The van der Waals surface area contributed by atoms with Gasteiger partial charge in [0.1, 0.15) is 5.76 Å². The third-order valence-corrected chi connectivity index (χ3v) is 3.89. The molecule has 116 valence electrons. The van der Waals surface area contributed by atoms with Gasteiger partial charge in [-0.1, -0.05) is 18.2 Å². The van der Waals surface area contributed by atoms with Gasteiger partial charge >= 0.3 is 6.03 Å². The number of carbonyl (C=O) groups excluding carboxylic acids is 1. The number of likely N-dealkylation sites (tertiary alicyclic amines) is 1. The topological polar surface area (TPSA) is 84.4 Å². The number of primary amides is 1. The van der Waals surface area contributed by atoms with E-state index in [1.54, 1.807) is 6.20 Å². The van der Waals surface area contributed by atoms with Gasteiger partial charge in [-0.3, -0.25) is 4.90 Å². The molecular weight excluding hydrogens is 280 g/mol. The number of aromatic nitrogens is 1. The van der Waals surface area contributed by atoms with Crippen molar-refractivity contribution < 1.29 is 9.21 Å². The van der Waals surface area contributed by atoms with E-state index >= 15 is 0 Å². The first kappa shape index (κ1) is 14.6. The van der Waals surface area contributed by atoms with Gasteiger partial charge in [-0.2, -0.15) is 0 Å². The molecule has 1 aliphatic rings. The fourth-order valence-corrected chi connectivity index (χ4v) is 2.75. The van der Waals surface area contributed by atoms with E-state index in [1.807, 2.05) is 30.3 Å². The maximum absolute atomic E-state index is 10.9. The lowest BCUT2D eigenvalue weighted by Gasteiger charge is -2.31. The SMILES string of the molecule is NC(=O)NC1CCN(Cc2cnc(-c3ccccc3)o2)CC1. The second-order valence-electron chi connectivity index (χ2n) is 5.56. The van der Waals surface area contributed by atoms with Crippen LogP contribution in [-0.2, 0) is 6.54 Å². The Morgan fingerprint density at radius 1 is 1.32 bits per heavy atom. The highest BCUT2D eigenvalue weighted by Gasteiger charge is 2.21. The molecule has 1 aromatic heterocycles. The third kappa shape index (κ3) is 3.65. The predicted molar refractivity (Wildman–Crippen MR) is 83.0 cm³/mol. The van der Waals surface area contributed by atoms with Gasteiger partial charge in [-0.25, -0.2) is 9.78 Å². The number of hydrogen-bond acceptors (Lipinski definition) is 4. The number of oxazole rings is 1. The Bertz CT molecular complexity index is 618. The smallest absolute Gasteiger partial charge is 0.312 e. The molecule has 0 saturated carbocycles. The molecule has 0 unspecified atom stereocenters. The predicted octanol–water partition coefficient (Wildman–Crippen LogP) is 1.97. The molecule has 3 N–H and O–H groups in total. The van der Waals surface area contributed by atoms with E-state index in [1.165, 1.54) is 0 Å². The number of urea groups is 1. The van der Waals surface area contributed by atoms with Gasteiger partial charge in [0, 0.05) is 24.7 Å². The lowest BCUT2D eigenvalue weighted by molar-refractivity contribution is 0.179. The minimum Gasteiger partial charge on any atom is -0.440 e. The van der Waals surface area contributed by atoms with Gasteiger partial charge in [-0.05, 0) is 25.0 Å². The summed E-state index contributed by atoms with van der Waals surface area (Å²) in [4.78, 5) is 17.5. The van der Waals surface area contributed by atoms with E-state index in [0.717, 1.165) is 43.8 Å². The molecule has 1 saturated heterocycles. The summed E-state index contributed by atoms with van der Waals surface area (Å²) in [6.45, 7) is 2.56. The molecule has 2 amide bonds. The van der Waals surface area contributed by atoms with Crippen molar-refractivity contribution in [3.8, 4) is 11.5 Å². The zero-order valence-electron chi connectivity index (χ0n) is 12.4. The molecule has 0 radical (unpaired) electrons. The zero-order valence-corrected chi connectivity index (χ0v) is 12.4. The normalized spacial score (nSPS) is 16.5. The quantitative estimate of drug-likeness (QED) is 0.904. The number of piperidine rings is 1. The van der Waals surface area contributed by atoms with Crippen molar-refractivity contribution >= 4 is 6.03 Å². The Kier molecular flexibility index (Phi) is 4.39. The van der Waals surface area contributed by atoms with Gasteiger partial charge in [0.15, 0.2) is 0 Å². The summed E-state index contributed by atoms with van der Waals surface area (Å²) in [7, 11) is 0. The number of nitrogens with one attached hydrogen (secondary N) is 1. The lowest BCUT2D eigenvalue weighted by atomic mass is 10.1. The van der Waals surface area contributed by atoms with E-state index in [2.05, 4.69) is 15.2 Å². The molecule has 0 spiro atoms. The molecule has 1 aromatic carbocycles. The van der Waals surface area contributed by atoms with Crippen LogP contribution in [0.25, 0.3) is 11.5 Å². The van der Waals surface area contributed by atoms with Gasteiger partial charge in [0.25, 0.3) is 0 Å². The summed E-state index contributed by atoms with van der Waals surface area (Å²) in [5, 5.41) is 2.77. The zero-order chi connectivity index (χ0) is 15.4. The second-order valence-corrected chi connectivity index (χ2v) is 5.56. The van der Waals surface area contributed by atoms with E-state index in [0.29, 0.717) is 5.89 Å². The van der Waals surface area contributed by atoms with Crippen LogP contribution in [0.15, 0.2) is 40.9 Å². The van der Waals surface area contributed by atoms with Crippen molar-refractivity contribution in [2.24, 2.45) is 5.73 Å². The first-order chi connectivity index (χ1) is 10.7. The minimum atomic E-state index is -0.443. The van der Waals surface area contributed by atoms with E-state index < -0.39 is 6.03 Å². The maximum atomic E-state index is 10.9. The average Bonchev–Trinajstić information content (AvgIpc) is 2.98. The fourth-order valence-electron chi connectivity index (χ4n) is 2.75. The summed E-state index contributed by atoms with van der Waals surface area (Å²) in [6, 6.07) is 9.61. The summed E-state index contributed by atoms with van der Waals surface area (Å²) >= 11 is 0. The van der Waals surface area contributed by atoms with Crippen LogP contribution >= 0.6 is 0 Å². The molecule has 2 aromatic rings. The number of benzene rings is 1. The van der Waals surface area contributed by atoms with E-state index in [4.69, 9.17) is 10.2 Å². The van der Waals surface area contributed by atoms with Crippen LogP contribution in [-0.4, -0.2) is 35.0 Å². The monoisotopic (exact) mass is 300 g/mol. The Morgan fingerprint density at radius 3 is 2.73 bits per heavy atom. The van der Waals surface area contributed by atoms with Crippen molar-refractivity contribution in [3.05, 3.63) is 42.3 Å². The largest absolute Gasteiger partial charge is 0.440 e. The van der Waals surface area contributed by atoms with Crippen molar-refractivity contribution in [2.45, 2.75) is 25.4 Å². The Labute approximate surface area is 129 Å². The van der Waals surface area contributed by atoms with Crippen LogP contribution in [0.2, 0.25) is 0 Å². The van der Waals surface area contributed by atoms with Gasteiger partial charge in [0.05, 0.1) is 12.7 Å². The molecule has 1 fully saturated rings. The summed E-state index contributed by atoms with van der Waals surface area (Å²) in [5.74, 6) is 1.51. The third-order valence-electron chi connectivity index (χ3n) is 3.89. The summed E-state index contributed by atoms with van der Waals surface area (Å²) < 4.78 is 5.82. The van der Waals surface area contributed by atoms with Gasteiger partial charge in [-0.15, -0.1) is 0 Å². The van der Waals surface area contributed by atoms with Crippen molar-refractivity contribution in [1.82, 2.24) is 15.2 Å². The van der Waals surface area contributed by atoms with Crippen LogP contribution in [0.4, 0.5) is 4.79 Å². The van der Waals surface area contributed by atoms with Crippen LogP contribution in [0.3, 0.4) is 0 Å². The van der Waals surface area contributed by atoms with Crippen LogP contribution in [0.5, 0.6) is 0 Å². The highest BCUT2D eigenvalue weighted by Crippen LogP contribution is 2.20. The molecule has 0 aliphatic carbocycles. The van der Waals surface area contributed by atoms with E-state index in [-0.39, 0.29) is 6.04 Å². The molecule has 3 rings (SSSR count). The number of carbonyl (C=O) groups is 1. The van der Waals surface area contributed by atoms with Gasteiger partial charge < -0.3 is 15.5 Å². The average molecular weight is 300 g/mol. The molecule has 22 heavy (non-hydrogen) atoms. The Balaban J connectivity index is 1.55. The number of amides is 2. The van der Waals surface area contributed by atoms with Crippen molar-refractivity contribution in [1.29, 1.82) is 0 Å². The molecule has 1 aliphatic heterocycles. The standard InChI is InChI=1S/C16H20N4O2/c17-16(21)19-13-6-8-20(9-7-13)11-14-10-18-15(22-14)12-4-2-1-3-5-12/h1-5,10,13H,6-9,11H2,(H3,17,19,21). The highest BCUT2D eigenvalue weighted by molar-refractivity contribution is 5.71. The molecule has 6 heteroatoms. The van der Waals surface area contributed by atoms with Crippen LogP contribution in [0, 0.1) is 0 Å². The fraction of sp³-hybridized carbons (Fsp3) is 0.375. The molecular formula is C16H20N4O2. The molecule has 2 heterocycles. The lowest BCUT2D eigenvalue weighted by Crippen LogP contribution is -2.46. The molecule has 0 bridgehead atoms. The van der Waals surface area contributed by atoms with Crippen molar-refractivity contribution in [3.63, 3.8) is 0 Å². The first-order valence-electron chi connectivity index (χ1n) is 7.49. The summed E-state index contributed by atoms with van der Waals surface area (Å²) in [6.07, 6.45) is 3.60. The number of hydrogen-bond donors (Lipinski definition) is 2. The number of rotatable bonds is 4. The first-order valence-corrected chi connectivity index (χ1v) is 7.49. The summed E-state index contributed by atoms with van der Waals surface area (Å²) in [5.41, 5.74) is 6.14. The van der Waals surface area contributed by atoms with Gasteiger partial charge in [0.2, 0.25) is 5.89 Å². The van der Waals surface area contributed by atoms with Crippen LogP contribution < -0.4 is 11.1 Å². The number of nitrogens with two attached hydrogens (primary N) is 1. The van der Waals surface area contributed by atoms with Crippen molar-refractivity contribution in [2.75, 3.05) is 13.1 Å². The maximum Gasteiger partial charge on any atom is 0.312 e. The Morgan fingerprint density at radius 2 is 2.05 bits per heavy atom. The molecule has 6 nitrogen and oxygen atoms in total. The van der Waals surface area contributed by atoms with Crippen LogP contribution in [0.1, 0.15) is 18.6 Å². The molecule has 0 atom stereocenters. The minimum absolute atomic E-state index is 0.184.